The van der Waals surface area contributed by atoms with Gasteiger partial charge in [0.05, 0.1) is 6.61 Å². The highest BCUT2D eigenvalue weighted by atomic mass is 16.5. The van der Waals surface area contributed by atoms with Crippen LogP contribution in [0.25, 0.3) is 0 Å². The highest BCUT2D eigenvalue weighted by Crippen LogP contribution is 1.91. The molecular weight excluding hydrogens is 194 g/mol. The van der Waals surface area contributed by atoms with Crippen molar-refractivity contribution >= 4 is 5.91 Å². The quantitative estimate of drug-likeness (QED) is 0.477. The van der Waals surface area contributed by atoms with Gasteiger partial charge in [-0.1, -0.05) is 0 Å². The summed E-state index contributed by atoms with van der Waals surface area (Å²) in [4.78, 5) is 11.4. The lowest BCUT2D eigenvalue weighted by molar-refractivity contribution is -0.122. The number of nitrogens with one attached hydrogen (secondary N) is 2. The molecule has 0 saturated carbocycles. The zero-order valence-corrected chi connectivity index (χ0v) is 9.88. The Morgan fingerprint density at radius 1 is 1.47 bits per heavy atom. The van der Waals surface area contributed by atoms with E-state index in [2.05, 4.69) is 10.6 Å². The van der Waals surface area contributed by atoms with Crippen LogP contribution in [0.15, 0.2) is 0 Å². The van der Waals surface area contributed by atoms with Crippen LogP contribution in [0.4, 0.5) is 0 Å². The summed E-state index contributed by atoms with van der Waals surface area (Å²) >= 11 is 0. The van der Waals surface area contributed by atoms with Gasteiger partial charge >= 0.3 is 0 Å². The van der Waals surface area contributed by atoms with Crippen LogP contribution in [0, 0.1) is 0 Å². The predicted molar refractivity (Wildman–Crippen MR) is 60.6 cm³/mol. The van der Waals surface area contributed by atoms with E-state index in [1.54, 1.807) is 7.11 Å². The molecule has 15 heavy (non-hydrogen) atoms. The smallest absolute Gasteiger partial charge is 0.221 e. The minimum atomic E-state index is 0.0268. The highest BCUT2D eigenvalue weighted by Gasteiger charge is 2.11. The van der Waals surface area contributed by atoms with E-state index in [1.165, 1.54) is 0 Å². The zero-order chi connectivity index (χ0) is 11.7. The fourth-order valence-corrected chi connectivity index (χ4v) is 1.21. The monoisotopic (exact) mass is 217 g/mol. The topological polar surface area (TPSA) is 76.4 Å². The Morgan fingerprint density at radius 3 is 2.60 bits per heavy atom. The minimum Gasteiger partial charge on any atom is -0.383 e. The van der Waals surface area contributed by atoms with E-state index in [1.807, 2.05) is 13.8 Å². The number of hydrogen-bond donors (Lipinski definition) is 3. The van der Waals surface area contributed by atoms with Gasteiger partial charge in [-0.05, 0) is 13.8 Å². The maximum absolute atomic E-state index is 11.4. The summed E-state index contributed by atoms with van der Waals surface area (Å²) in [5, 5.41) is 6.00. The second-order valence-corrected chi connectivity index (χ2v) is 3.81. The molecule has 0 fully saturated rings. The molecule has 0 bridgehead atoms. The van der Waals surface area contributed by atoms with Crippen LogP contribution in [0.1, 0.15) is 20.3 Å². The Hall–Kier alpha value is -0.650. The van der Waals surface area contributed by atoms with Crippen molar-refractivity contribution in [1.82, 2.24) is 10.6 Å². The number of nitrogens with two attached hydrogens (primary N) is 1. The zero-order valence-electron chi connectivity index (χ0n) is 9.88. The van der Waals surface area contributed by atoms with E-state index in [9.17, 15) is 4.79 Å². The Kier molecular flexibility index (Phi) is 8.27. The lowest BCUT2D eigenvalue weighted by Gasteiger charge is -2.17. The van der Waals surface area contributed by atoms with Crippen LogP contribution in [0.5, 0.6) is 0 Å². The summed E-state index contributed by atoms with van der Waals surface area (Å²) in [6.07, 6.45) is 0.415. The van der Waals surface area contributed by atoms with Gasteiger partial charge in [-0.15, -0.1) is 0 Å². The summed E-state index contributed by atoms with van der Waals surface area (Å²) in [5.41, 5.74) is 5.55. The standard InChI is InChI=1S/C10H23N3O2/c1-8(2)13-10(14)6-9(7-11)12-4-5-15-3/h8-9,12H,4-7,11H2,1-3H3,(H,13,14). The number of ether oxygens (including phenoxy) is 1. The van der Waals surface area contributed by atoms with Gasteiger partial charge in [0.15, 0.2) is 0 Å². The number of methoxy groups -OCH3 is 1. The van der Waals surface area contributed by atoms with Gasteiger partial charge in [0.2, 0.25) is 5.91 Å². The molecule has 1 atom stereocenters. The first-order valence-corrected chi connectivity index (χ1v) is 5.31. The third kappa shape index (κ3) is 8.35. The molecular formula is C10H23N3O2. The Morgan fingerprint density at radius 2 is 2.13 bits per heavy atom. The molecule has 0 radical (unpaired) electrons. The molecule has 0 aromatic rings. The van der Waals surface area contributed by atoms with E-state index in [4.69, 9.17) is 10.5 Å². The molecule has 0 aromatic heterocycles. The molecule has 0 aliphatic carbocycles. The van der Waals surface area contributed by atoms with Gasteiger partial charge in [0.1, 0.15) is 0 Å². The largest absolute Gasteiger partial charge is 0.383 e. The minimum absolute atomic E-state index is 0.0268. The Labute approximate surface area is 91.7 Å². The first-order chi connectivity index (χ1) is 7.10. The van der Waals surface area contributed by atoms with Crippen molar-refractivity contribution in [3.05, 3.63) is 0 Å². The van der Waals surface area contributed by atoms with E-state index in [-0.39, 0.29) is 18.0 Å². The SMILES string of the molecule is COCCNC(CN)CC(=O)NC(C)C. The fourth-order valence-electron chi connectivity index (χ4n) is 1.21. The molecule has 0 rings (SSSR count). The molecule has 0 spiro atoms. The van der Waals surface area contributed by atoms with Crippen LogP contribution in [0.3, 0.4) is 0 Å². The summed E-state index contributed by atoms with van der Waals surface area (Å²) in [5.74, 6) is 0.0327. The van der Waals surface area contributed by atoms with Crippen LogP contribution in [-0.2, 0) is 9.53 Å². The van der Waals surface area contributed by atoms with E-state index in [0.717, 1.165) is 0 Å². The summed E-state index contributed by atoms with van der Waals surface area (Å²) in [6, 6.07) is 0.203. The molecule has 0 aliphatic heterocycles. The number of carbonyl (C=O) groups excluding carboxylic acids is 1. The maximum atomic E-state index is 11.4. The van der Waals surface area contributed by atoms with Crippen molar-refractivity contribution < 1.29 is 9.53 Å². The van der Waals surface area contributed by atoms with Gasteiger partial charge in [-0.2, -0.15) is 0 Å². The Balaban J connectivity index is 3.72. The normalized spacial score (nSPS) is 12.9. The Bertz CT molecular complexity index is 174. The van der Waals surface area contributed by atoms with E-state index < -0.39 is 0 Å². The summed E-state index contributed by atoms with van der Waals surface area (Å²) in [6.45, 7) is 5.67. The van der Waals surface area contributed by atoms with Crippen molar-refractivity contribution in [2.24, 2.45) is 5.73 Å². The van der Waals surface area contributed by atoms with E-state index >= 15 is 0 Å². The van der Waals surface area contributed by atoms with Gasteiger partial charge in [-0.3, -0.25) is 4.79 Å². The molecule has 1 amide bonds. The molecule has 0 saturated heterocycles. The van der Waals surface area contributed by atoms with Crippen molar-refractivity contribution in [1.29, 1.82) is 0 Å². The second kappa shape index (κ2) is 8.64. The number of rotatable bonds is 8. The van der Waals surface area contributed by atoms with Gasteiger partial charge < -0.3 is 21.1 Å². The molecule has 5 heteroatoms. The highest BCUT2D eigenvalue weighted by molar-refractivity contribution is 5.76. The molecule has 0 aromatic carbocycles. The lowest BCUT2D eigenvalue weighted by Crippen LogP contribution is -2.43. The number of carbonyl (C=O) groups is 1. The van der Waals surface area contributed by atoms with E-state index in [0.29, 0.717) is 26.1 Å². The van der Waals surface area contributed by atoms with Crippen LogP contribution in [-0.4, -0.2) is 44.8 Å². The molecule has 5 nitrogen and oxygen atoms in total. The maximum Gasteiger partial charge on any atom is 0.221 e. The third-order valence-corrected chi connectivity index (χ3v) is 1.91. The van der Waals surface area contributed by atoms with Gasteiger partial charge in [0.25, 0.3) is 0 Å². The third-order valence-electron chi connectivity index (χ3n) is 1.91. The summed E-state index contributed by atoms with van der Waals surface area (Å²) in [7, 11) is 1.64. The van der Waals surface area contributed by atoms with Crippen molar-refractivity contribution in [3.8, 4) is 0 Å². The molecule has 4 N–H and O–H groups in total. The fraction of sp³-hybridized carbons (Fsp3) is 0.900. The first-order valence-electron chi connectivity index (χ1n) is 5.31. The average molecular weight is 217 g/mol. The van der Waals surface area contributed by atoms with Crippen molar-refractivity contribution in [2.75, 3.05) is 26.8 Å². The van der Waals surface area contributed by atoms with Crippen molar-refractivity contribution in [2.45, 2.75) is 32.4 Å². The molecule has 0 aliphatic rings. The van der Waals surface area contributed by atoms with Gasteiger partial charge in [0, 0.05) is 38.7 Å². The molecule has 1 unspecified atom stereocenters. The number of hydrogen-bond acceptors (Lipinski definition) is 4. The molecule has 90 valence electrons. The lowest BCUT2D eigenvalue weighted by atomic mass is 10.2. The number of amides is 1. The summed E-state index contributed by atoms with van der Waals surface area (Å²) < 4.78 is 4.90. The van der Waals surface area contributed by atoms with Crippen LogP contribution >= 0.6 is 0 Å². The van der Waals surface area contributed by atoms with Gasteiger partial charge in [-0.25, -0.2) is 0 Å². The average Bonchev–Trinajstić information content (AvgIpc) is 2.15. The van der Waals surface area contributed by atoms with Crippen LogP contribution in [0.2, 0.25) is 0 Å². The van der Waals surface area contributed by atoms with Crippen molar-refractivity contribution in [3.63, 3.8) is 0 Å². The molecule has 0 heterocycles. The van der Waals surface area contributed by atoms with Crippen LogP contribution < -0.4 is 16.4 Å². The first kappa shape index (κ1) is 14.3. The second-order valence-electron chi connectivity index (χ2n) is 3.81. The predicted octanol–water partition coefficient (Wildman–Crippen LogP) is -0.536.